The predicted molar refractivity (Wildman–Crippen MR) is 40.6 cm³/mol. The third-order valence-electron chi connectivity index (χ3n) is 1.38. The third-order valence-corrected chi connectivity index (χ3v) is 1.38. The number of nitrogens with two attached hydrogens (primary N) is 1. The van der Waals surface area contributed by atoms with Gasteiger partial charge in [0.2, 0.25) is 0 Å². The minimum Gasteiger partial charge on any atom is -0.478 e. The zero-order valence-electron chi connectivity index (χ0n) is 6.16. The molecule has 1 atom stereocenters. The molecule has 0 saturated carbocycles. The van der Waals surface area contributed by atoms with Crippen molar-refractivity contribution in [2.75, 3.05) is 0 Å². The van der Waals surface area contributed by atoms with Crippen LogP contribution < -0.4 is 11.1 Å². The quantitative estimate of drug-likeness (QED) is 0.488. The second-order valence-corrected chi connectivity index (χ2v) is 2.46. The van der Waals surface area contributed by atoms with E-state index in [-0.39, 0.29) is 11.6 Å². The van der Waals surface area contributed by atoms with Crippen LogP contribution in [0.25, 0.3) is 0 Å². The van der Waals surface area contributed by atoms with Crippen molar-refractivity contribution in [2.24, 2.45) is 5.73 Å². The molecule has 0 aliphatic carbocycles. The van der Waals surface area contributed by atoms with Crippen LogP contribution >= 0.6 is 0 Å². The molecule has 11 heavy (non-hydrogen) atoms. The molecular formula is C7H10N2O2. The molecule has 1 unspecified atom stereocenters. The first-order chi connectivity index (χ1) is 5.09. The van der Waals surface area contributed by atoms with Gasteiger partial charge in [-0.05, 0) is 19.1 Å². The van der Waals surface area contributed by atoms with E-state index in [1.54, 1.807) is 6.08 Å². The van der Waals surface area contributed by atoms with Crippen LogP contribution in [0.4, 0.5) is 0 Å². The van der Waals surface area contributed by atoms with Crippen molar-refractivity contribution in [3.05, 3.63) is 23.5 Å². The highest BCUT2D eigenvalue weighted by atomic mass is 16.4. The lowest BCUT2D eigenvalue weighted by atomic mass is 10.1. The smallest absolute Gasteiger partial charge is 0.335 e. The van der Waals surface area contributed by atoms with Crippen molar-refractivity contribution in [3.8, 4) is 0 Å². The number of carbonyl (C=O) groups is 1. The Morgan fingerprint density at radius 1 is 1.82 bits per heavy atom. The first-order valence-electron chi connectivity index (χ1n) is 3.28. The molecule has 4 nitrogen and oxygen atoms in total. The van der Waals surface area contributed by atoms with E-state index >= 15 is 0 Å². The fraction of sp³-hybridized carbons (Fsp3) is 0.286. The molecule has 1 aliphatic rings. The second-order valence-electron chi connectivity index (χ2n) is 2.46. The van der Waals surface area contributed by atoms with Crippen LogP contribution in [0, 0.1) is 0 Å². The highest BCUT2D eigenvalue weighted by Gasteiger charge is 2.12. The molecule has 4 heteroatoms. The summed E-state index contributed by atoms with van der Waals surface area (Å²) in [5.74, 6) is -0.543. The molecule has 1 aliphatic heterocycles. The molecule has 0 aromatic carbocycles. The monoisotopic (exact) mass is 154 g/mol. The second kappa shape index (κ2) is 2.65. The van der Waals surface area contributed by atoms with Gasteiger partial charge in [-0.1, -0.05) is 0 Å². The summed E-state index contributed by atoms with van der Waals surface area (Å²) in [7, 11) is 0. The van der Waals surface area contributed by atoms with E-state index in [0.29, 0.717) is 5.82 Å². The fourth-order valence-corrected chi connectivity index (χ4v) is 0.964. The number of hydrogen-bond acceptors (Lipinski definition) is 3. The van der Waals surface area contributed by atoms with Crippen LogP contribution in [0.2, 0.25) is 0 Å². The van der Waals surface area contributed by atoms with Gasteiger partial charge in [-0.15, -0.1) is 0 Å². The third kappa shape index (κ3) is 1.73. The lowest BCUT2D eigenvalue weighted by Gasteiger charge is -2.16. The molecule has 0 amide bonds. The summed E-state index contributed by atoms with van der Waals surface area (Å²) >= 11 is 0. The van der Waals surface area contributed by atoms with Crippen LogP contribution in [0.15, 0.2) is 23.5 Å². The van der Waals surface area contributed by atoms with Crippen LogP contribution in [-0.2, 0) is 4.79 Å². The number of rotatable bonds is 1. The Morgan fingerprint density at radius 3 is 2.91 bits per heavy atom. The molecule has 0 aromatic heterocycles. The largest absolute Gasteiger partial charge is 0.478 e. The molecule has 60 valence electrons. The Kier molecular flexibility index (Phi) is 1.85. The van der Waals surface area contributed by atoms with Gasteiger partial charge in [0.15, 0.2) is 0 Å². The van der Waals surface area contributed by atoms with Gasteiger partial charge < -0.3 is 16.2 Å². The van der Waals surface area contributed by atoms with Crippen molar-refractivity contribution < 1.29 is 9.90 Å². The fourth-order valence-electron chi connectivity index (χ4n) is 0.964. The molecule has 0 bridgehead atoms. The summed E-state index contributed by atoms with van der Waals surface area (Å²) in [4.78, 5) is 10.4. The number of carboxylic acids is 1. The summed E-state index contributed by atoms with van der Waals surface area (Å²) in [6, 6.07) is -0.00824. The van der Waals surface area contributed by atoms with Crippen LogP contribution in [0.5, 0.6) is 0 Å². The first kappa shape index (κ1) is 7.65. The summed E-state index contributed by atoms with van der Waals surface area (Å²) in [6.45, 7) is 1.84. The van der Waals surface area contributed by atoms with Gasteiger partial charge in [0, 0.05) is 6.04 Å². The molecular weight excluding hydrogens is 144 g/mol. The minimum atomic E-state index is -0.943. The van der Waals surface area contributed by atoms with E-state index in [9.17, 15) is 4.79 Å². The number of carboxylic acid groups (broad SMARTS) is 1. The molecule has 0 radical (unpaired) electrons. The Balaban J connectivity index is 2.87. The maximum absolute atomic E-state index is 10.4. The highest BCUT2D eigenvalue weighted by Crippen LogP contribution is 2.06. The van der Waals surface area contributed by atoms with Crippen molar-refractivity contribution >= 4 is 5.97 Å². The Hall–Kier alpha value is -1.45. The molecule has 1 heterocycles. The minimum absolute atomic E-state index is 0.00824. The number of dihydropyridines is 1. The summed E-state index contributed by atoms with van der Waals surface area (Å²) in [6.07, 6.45) is 3.01. The molecule has 1 rings (SSSR count). The van der Waals surface area contributed by atoms with Gasteiger partial charge in [-0.25, -0.2) is 4.79 Å². The van der Waals surface area contributed by atoms with E-state index in [4.69, 9.17) is 10.8 Å². The van der Waals surface area contributed by atoms with Gasteiger partial charge in [0.25, 0.3) is 0 Å². The lowest BCUT2D eigenvalue weighted by Crippen LogP contribution is -2.32. The van der Waals surface area contributed by atoms with E-state index in [0.717, 1.165) is 0 Å². The zero-order valence-corrected chi connectivity index (χ0v) is 6.16. The van der Waals surface area contributed by atoms with Crippen LogP contribution in [0.1, 0.15) is 6.92 Å². The molecule has 0 aromatic rings. The maximum Gasteiger partial charge on any atom is 0.335 e. The van der Waals surface area contributed by atoms with Crippen LogP contribution in [-0.4, -0.2) is 17.1 Å². The Morgan fingerprint density at radius 2 is 2.45 bits per heavy atom. The maximum atomic E-state index is 10.4. The zero-order chi connectivity index (χ0) is 8.43. The van der Waals surface area contributed by atoms with Gasteiger partial charge in [0.05, 0.1) is 11.4 Å². The standard InChI is InChI=1S/C7H10N2O2/c1-4-2-5(7(10)11)3-6(8)9-4/h2-4,9H,8H2,1H3,(H,10,11). The van der Waals surface area contributed by atoms with Crippen LogP contribution in [0.3, 0.4) is 0 Å². The molecule has 4 N–H and O–H groups in total. The topological polar surface area (TPSA) is 75.3 Å². The average molecular weight is 154 g/mol. The highest BCUT2D eigenvalue weighted by molar-refractivity contribution is 5.90. The van der Waals surface area contributed by atoms with E-state index in [1.807, 2.05) is 6.92 Å². The summed E-state index contributed by atoms with van der Waals surface area (Å²) in [5.41, 5.74) is 5.64. The first-order valence-corrected chi connectivity index (χ1v) is 3.28. The van der Waals surface area contributed by atoms with E-state index in [2.05, 4.69) is 5.32 Å². The van der Waals surface area contributed by atoms with E-state index in [1.165, 1.54) is 6.08 Å². The summed E-state index contributed by atoms with van der Waals surface area (Å²) in [5, 5.41) is 11.4. The van der Waals surface area contributed by atoms with Gasteiger partial charge in [-0.2, -0.15) is 0 Å². The average Bonchev–Trinajstić information content (AvgIpc) is 1.85. The van der Waals surface area contributed by atoms with Crippen molar-refractivity contribution in [2.45, 2.75) is 13.0 Å². The Bertz CT molecular complexity index is 243. The number of nitrogens with one attached hydrogen (secondary N) is 1. The van der Waals surface area contributed by atoms with Gasteiger partial charge in [0.1, 0.15) is 0 Å². The van der Waals surface area contributed by atoms with Gasteiger partial charge >= 0.3 is 5.97 Å². The number of aliphatic carboxylic acids is 1. The molecule has 0 saturated heterocycles. The molecule has 0 fully saturated rings. The number of hydrogen-bond donors (Lipinski definition) is 3. The van der Waals surface area contributed by atoms with Crippen molar-refractivity contribution in [1.29, 1.82) is 0 Å². The predicted octanol–water partition coefficient (Wildman–Crippen LogP) is -0.211. The van der Waals surface area contributed by atoms with Gasteiger partial charge in [-0.3, -0.25) is 0 Å². The lowest BCUT2D eigenvalue weighted by molar-refractivity contribution is -0.132. The van der Waals surface area contributed by atoms with E-state index < -0.39 is 5.97 Å². The SMILES string of the molecule is CC1C=C(C(=O)O)C=C(N)N1. The van der Waals surface area contributed by atoms with Crippen molar-refractivity contribution in [3.63, 3.8) is 0 Å². The Labute approximate surface area is 64.4 Å². The summed E-state index contributed by atoms with van der Waals surface area (Å²) < 4.78 is 0. The van der Waals surface area contributed by atoms with Crippen molar-refractivity contribution in [1.82, 2.24) is 5.32 Å². The normalized spacial score (nSPS) is 23.2. The molecule has 0 spiro atoms.